The van der Waals surface area contributed by atoms with Gasteiger partial charge in [-0.05, 0) is 25.0 Å². The number of hydrogen-bond donors (Lipinski definition) is 1. The number of nitrogens with one attached hydrogen (secondary N) is 1. The zero-order valence-electron chi connectivity index (χ0n) is 11.4. The highest BCUT2D eigenvalue weighted by Crippen LogP contribution is 2.44. The molecule has 19 heavy (non-hydrogen) atoms. The van der Waals surface area contributed by atoms with Gasteiger partial charge in [-0.1, -0.05) is 13.8 Å². The second kappa shape index (κ2) is 5.39. The molecule has 0 unspecified atom stereocenters. The van der Waals surface area contributed by atoms with Crippen molar-refractivity contribution < 1.29 is 0 Å². The predicted molar refractivity (Wildman–Crippen MR) is 79.3 cm³/mol. The second-order valence-corrected chi connectivity index (χ2v) is 6.46. The van der Waals surface area contributed by atoms with E-state index in [1.807, 2.05) is 35.9 Å². The predicted octanol–water partition coefficient (Wildman–Crippen LogP) is 3.58. The van der Waals surface area contributed by atoms with Gasteiger partial charge in [0.1, 0.15) is 5.01 Å². The Bertz CT molecular complexity index is 544. The van der Waals surface area contributed by atoms with E-state index in [0.29, 0.717) is 12.0 Å². The first-order valence-electron chi connectivity index (χ1n) is 6.87. The monoisotopic (exact) mass is 273 g/mol. The van der Waals surface area contributed by atoms with Crippen molar-refractivity contribution in [3.05, 3.63) is 35.1 Å². The molecular weight excluding hydrogens is 254 g/mol. The van der Waals surface area contributed by atoms with Crippen LogP contribution in [-0.4, -0.2) is 16.0 Å². The highest BCUT2D eigenvalue weighted by molar-refractivity contribution is 7.15. The van der Waals surface area contributed by atoms with E-state index < -0.39 is 0 Å². The fourth-order valence-corrected chi connectivity index (χ4v) is 3.18. The molecule has 2 heterocycles. The molecule has 4 heteroatoms. The number of thiazole rings is 1. The van der Waals surface area contributed by atoms with Gasteiger partial charge in [0, 0.05) is 41.3 Å². The third kappa shape index (κ3) is 3.01. The topological polar surface area (TPSA) is 37.8 Å². The van der Waals surface area contributed by atoms with Gasteiger partial charge in [-0.2, -0.15) is 0 Å². The van der Waals surface area contributed by atoms with Crippen LogP contribution in [0.25, 0.3) is 10.6 Å². The van der Waals surface area contributed by atoms with Crippen molar-refractivity contribution in [2.24, 2.45) is 0 Å². The molecule has 0 aromatic carbocycles. The summed E-state index contributed by atoms with van der Waals surface area (Å²) in [7, 11) is 0. The first-order chi connectivity index (χ1) is 9.24. The Hall–Kier alpha value is -1.26. The molecule has 0 saturated heterocycles. The van der Waals surface area contributed by atoms with Crippen LogP contribution in [0.2, 0.25) is 0 Å². The molecule has 1 aliphatic carbocycles. The molecule has 1 fully saturated rings. The normalized spacial score (nSPS) is 15.1. The van der Waals surface area contributed by atoms with Gasteiger partial charge in [-0.25, -0.2) is 4.98 Å². The van der Waals surface area contributed by atoms with Gasteiger partial charge < -0.3 is 5.32 Å². The third-order valence-corrected chi connectivity index (χ3v) is 4.41. The molecule has 100 valence electrons. The van der Waals surface area contributed by atoms with E-state index in [4.69, 9.17) is 4.98 Å². The van der Waals surface area contributed by atoms with E-state index in [1.165, 1.54) is 29.0 Å². The van der Waals surface area contributed by atoms with Gasteiger partial charge in [0.15, 0.2) is 0 Å². The Morgan fingerprint density at radius 1 is 1.32 bits per heavy atom. The van der Waals surface area contributed by atoms with Gasteiger partial charge in [-0.3, -0.25) is 4.98 Å². The van der Waals surface area contributed by atoms with Crippen LogP contribution in [0, 0.1) is 0 Å². The molecule has 1 saturated carbocycles. The average Bonchev–Trinajstić information content (AvgIpc) is 3.17. The maximum atomic E-state index is 4.87. The van der Waals surface area contributed by atoms with Gasteiger partial charge >= 0.3 is 0 Å². The van der Waals surface area contributed by atoms with Crippen molar-refractivity contribution in [3.8, 4) is 10.6 Å². The van der Waals surface area contributed by atoms with E-state index in [0.717, 1.165) is 11.6 Å². The number of aromatic nitrogens is 2. The maximum absolute atomic E-state index is 4.87. The Labute approximate surface area is 118 Å². The van der Waals surface area contributed by atoms with Crippen LogP contribution >= 0.6 is 11.3 Å². The van der Waals surface area contributed by atoms with Gasteiger partial charge in [0.2, 0.25) is 0 Å². The molecule has 2 aromatic rings. The highest BCUT2D eigenvalue weighted by atomic mass is 32.1. The van der Waals surface area contributed by atoms with Crippen molar-refractivity contribution in [3.63, 3.8) is 0 Å². The minimum Gasteiger partial charge on any atom is -0.310 e. The maximum Gasteiger partial charge on any atom is 0.124 e. The van der Waals surface area contributed by atoms with Crippen LogP contribution in [0.15, 0.2) is 24.5 Å². The van der Waals surface area contributed by atoms with Crippen molar-refractivity contribution in [1.82, 2.24) is 15.3 Å². The number of hydrogen-bond acceptors (Lipinski definition) is 4. The van der Waals surface area contributed by atoms with E-state index in [1.54, 1.807) is 0 Å². The number of rotatable bonds is 5. The second-order valence-electron chi connectivity index (χ2n) is 5.37. The SMILES string of the molecule is CC(C)NCc1sc(-c2ccncc2)nc1C1CC1. The summed E-state index contributed by atoms with van der Waals surface area (Å²) in [6.45, 7) is 5.30. The zero-order valence-corrected chi connectivity index (χ0v) is 12.2. The fraction of sp³-hybridized carbons (Fsp3) is 0.467. The first-order valence-corrected chi connectivity index (χ1v) is 7.69. The van der Waals surface area contributed by atoms with E-state index >= 15 is 0 Å². The molecule has 0 atom stereocenters. The van der Waals surface area contributed by atoms with Crippen LogP contribution in [0.4, 0.5) is 0 Å². The van der Waals surface area contributed by atoms with E-state index in [9.17, 15) is 0 Å². The lowest BCUT2D eigenvalue weighted by Crippen LogP contribution is -2.21. The Morgan fingerprint density at radius 2 is 2.05 bits per heavy atom. The van der Waals surface area contributed by atoms with Crippen molar-refractivity contribution in [1.29, 1.82) is 0 Å². The van der Waals surface area contributed by atoms with Crippen LogP contribution in [0.5, 0.6) is 0 Å². The largest absolute Gasteiger partial charge is 0.310 e. The fourth-order valence-electron chi connectivity index (χ4n) is 2.08. The molecule has 2 aromatic heterocycles. The first kappa shape index (κ1) is 12.8. The highest BCUT2D eigenvalue weighted by Gasteiger charge is 2.29. The molecule has 0 aliphatic heterocycles. The quantitative estimate of drug-likeness (QED) is 0.905. The minimum absolute atomic E-state index is 0.513. The molecule has 1 N–H and O–H groups in total. The molecule has 3 rings (SSSR count). The van der Waals surface area contributed by atoms with E-state index in [2.05, 4.69) is 24.1 Å². The summed E-state index contributed by atoms with van der Waals surface area (Å²) in [5.41, 5.74) is 2.50. The molecule has 0 amide bonds. The summed E-state index contributed by atoms with van der Waals surface area (Å²) in [5, 5.41) is 4.64. The smallest absolute Gasteiger partial charge is 0.124 e. The summed E-state index contributed by atoms with van der Waals surface area (Å²) < 4.78 is 0. The van der Waals surface area contributed by atoms with Gasteiger partial charge in [-0.15, -0.1) is 11.3 Å². The lowest BCUT2D eigenvalue weighted by Gasteiger charge is -2.07. The van der Waals surface area contributed by atoms with Crippen LogP contribution in [0.1, 0.15) is 43.2 Å². The standard InChI is InChI=1S/C15H19N3S/c1-10(2)17-9-13-14(11-3-4-11)18-15(19-13)12-5-7-16-8-6-12/h5-8,10-11,17H,3-4,9H2,1-2H3. The third-order valence-electron chi connectivity index (χ3n) is 3.29. The summed E-state index contributed by atoms with van der Waals surface area (Å²) in [6.07, 6.45) is 6.27. The number of pyridine rings is 1. The van der Waals surface area contributed by atoms with Crippen molar-refractivity contribution in [2.75, 3.05) is 0 Å². The van der Waals surface area contributed by atoms with Gasteiger partial charge in [0.25, 0.3) is 0 Å². The Balaban J connectivity index is 1.88. The summed E-state index contributed by atoms with van der Waals surface area (Å²) in [4.78, 5) is 10.3. The Morgan fingerprint density at radius 3 is 2.68 bits per heavy atom. The molecule has 0 bridgehead atoms. The van der Waals surface area contributed by atoms with E-state index in [-0.39, 0.29) is 0 Å². The molecular formula is C15H19N3S. The molecule has 3 nitrogen and oxygen atoms in total. The van der Waals surface area contributed by atoms with Crippen LogP contribution < -0.4 is 5.32 Å². The molecule has 0 spiro atoms. The molecule has 1 aliphatic rings. The van der Waals surface area contributed by atoms with Crippen LogP contribution in [0.3, 0.4) is 0 Å². The zero-order chi connectivity index (χ0) is 13.2. The number of nitrogens with zero attached hydrogens (tertiary/aromatic N) is 2. The molecule has 0 radical (unpaired) electrons. The summed E-state index contributed by atoms with van der Waals surface area (Å²) >= 11 is 1.82. The lowest BCUT2D eigenvalue weighted by molar-refractivity contribution is 0.590. The Kier molecular flexibility index (Phi) is 3.62. The van der Waals surface area contributed by atoms with Crippen molar-refractivity contribution in [2.45, 2.75) is 45.2 Å². The lowest BCUT2D eigenvalue weighted by atomic mass is 10.2. The minimum atomic E-state index is 0.513. The van der Waals surface area contributed by atoms with Crippen LogP contribution in [-0.2, 0) is 6.54 Å². The summed E-state index contributed by atoms with van der Waals surface area (Å²) in [5.74, 6) is 0.704. The summed E-state index contributed by atoms with van der Waals surface area (Å²) in [6, 6.07) is 4.59. The van der Waals surface area contributed by atoms with Gasteiger partial charge in [0.05, 0.1) is 5.69 Å². The average molecular weight is 273 g/mol. The van der Waals surface area contributed by atoms with Crippen molar-refractivity contribution >= 4 is 11.3 Å².